The topological polar surface area (TPSA) is 93.6 Å². The number of amidine groups is 1. The molecule has 0 bridgehead atoms. The van der Waals surface area contributed by atoms with Crippen molar-refractivity contribution in [3.8, 4) is 16.9 Å². The van der Waals surface area contributed by atoms with Gasteiger partial charge in [-0.15, -0.1) is 0 Å². The number of nitrogens with zero attached hydrogens (tertiary/aromatic N) is 4. The lowest BCUT2D eigenvalue weighted by atomic mass is 9.97. The van der Waals surface area contributed by atoms with Crippen LogP contribution in [0.25, 0.3) is 23.0 Å². The minimum atomic E-state index is -0.253. The van der Waals surface area contributed by atoms with Gasteiger partial charge in [0.2, 0.25) is 5.91 Å². The zero-order valence-corrected chi connectivity index (χ0v) is 19.7. The Bertz CT molecular complexity index is 1290. The fourth-order valence-electron chi connectivity index (χ4n) is 4.17. The van der Waals surface area contributed by atoms with Gasteiger partial charge in [-0.25, -0.2) is 4.68 Å². The number of para-hydroxylation sites is 1. The highest BCUT2D eigenvalue weighted by Gasteiger charge is 2.30. The van der Waals surface area contributed by atoms with Gasteiger partial charge in [-0.3, -0.25) is 9.59 Å². The molecule has 1 fully saturated rings. The Morgan fingerprint density at radius 1 is 1.09 bits per heavy atom. The van der Waals surface area contributed by atoms with Crippen molar-refractivity contribution in [2.45, 2.75) is 19.8 Å². The van der Waals surface area contributed by atoms with Crippen LogP contribution in [0.4, 0.5) is 0 Å². The molecular formula is C26H25N5O2S. The van der Waals surface area contributed by atoms with E-state index in [2.05, 4.69) is 22.0 Å². The monoisotopic (exact) mass is 471 g/mol. The van der Waals surface area contributed by atoms with Crippen LogP contribution in [0.5, 0.6) is 0 Å². The Balaban J connectivity index is 1.44. The zero-order chi connectivity index (χ0) is 23.7. The number of aromatic nitrogens is 2. The molecule has 1 aromatic heterocycles. The van der Waals surface area contributed by atoms with Crippen molar-refractivity contribution in [3.05, 3.63) is 76.8 Å². The smallest absolute Gasteiger partial charge is 0.286 e. The Labute approximate surface area is 202 Å². The summed E-state index contributed by atoms with van der Waals surface area (Å²) in [5.41, 5.74) is 10.2. The molecule has 1 saturated heterocycles. The van der Waals surface area contributed by atoms with Crippen molar-refractivity contribution in [1.82, 2.24) is 14.7 Å². The number of amides is 2. The molecule has 7 nitrogen and oxygen atoms in total. The minimum absolute atomic E-state index is 0.102. The number of likely N-dealkylation sites (tertiary alicyclic amines) is 1. The second kappa shape index (κ2) is 9.30. The summed E-state index contributed by atoms with van der Waals surface area (Å²) in [7, 11) is 0. The summed E-state index contributed by atoms with van der Waals surface area (Å²) in [6.07, 6.45) is 5.19. The maximum atomic E-state index is 12.8. The first kappa shape index (κ1) is 22.2. The molecule has 2 aromatic carbocycles. The average Bonchev–Trinajstić information content (AvgIpc) is 3.44. The highest BCUT2D eigenvalue weighted by molar-refractivity contribution is 8.18. The first-order chi connectivity index (χ1) is 16.5. The Kier molecular flexibility index (Phi) is 6.06. The number of nitrogens with two attached hydrogens (primary N) is 1. The molecule has 0 saturated carbocycles. The van der Waals surface area contributed by atoms with E-state index in [0.29, 0.717) is 36.0 Å². The molecule has 5 rings (SSSR count). The fraction of sp³-hybridized carbons (Fsp3) is 0.231. The van der Waals surface area contributed by atoms with Crippen molar-refractivity contribution < 1.29 is 9.59 Å². The Morgan fingerprint density at radius 3 is 2.47 bits per heavy atom. The van der Waals surface area contributed by atoms with Crippen LogP contribution >= 0.6 is 11.8 Å². The number of carbonyl (C=O) groups is 2. The van der Waals surface area contributed by atoms with Gasteiger partial charge in [-0.1, -0.05) is 48.0 Å². The molecule has 3 aromatic rings. The van der Waals surface area contributed by atoms with Crippen LogP contribution < -0.4 is 5.73 Å². The van der Waals surface area contributed by atoms with Crippen molar-refractivity contribution >= 4 is 34.8 Å². The van der Waals surface area contributed by atoms with Gasteiger partial charge in [0.15, 0.2) is 5.17 Å². The molecule has 2 N–H and O–H groups in total. The molecule has 34 heavy (non-hydrogen) atoms. The first-order valence-electron chi connectivity index (χ1n) is 11.3. The van der Waals surface area contributed by atoms with Crippen LogP contribution in [-0.2, 0) is 9.59 Å². The zero-order valence-electron chi connectivity index (χ0n) is 18.8. The van der Waals surface area contributed by atoms with Crippen molar-refractivity contribution in [2.24, 2.45) is 16.6 Å². The molecular weight excluding hydrogens is 446 g/mol. The van der Waals surface area contributed by atoms with E-state index < -0.39 is 0 Å². The molecule has 8 heteroatoms. The summed E-state index contributed by atoms with van der Waals surface area (Å²) in [6, 6.07) is 18.1. The standard InChI is InChI=1S/C26H25N5O2S/c1-17-7-9-18(10-8-17)23-20(16-31(29-23)21-5-3-2-4-6-21)15-22-25(33)28-26(34-22)30-13-11-19(12-14-30)24(27)32/h2-10,15-16,19H,11-14H2,1H3,(H2,27,32). The van der Waals surface area contributed by atoms with Crippen molar-refractivity contribution in [3.63, 3.8) is 0 Å². The van der Waals surface area contributed by atoms with Crippen molar-refractivity contribution in [2.75, 3.05) is 13.1 Å². The normalized spacial score (nSPS) is 17.9. The van der Waals surface area contributed by atoms with Crippen molar-refractivity contribution in [1.29, 1.82) is 0 Å². The van der Waals surface area contributed by atoms with Gasteiger partial charge in [-0.05, 0) is 49.7 Å². The molecule has 0 spiro atoms. The number of thioether (sulfide) groups is 1. The number of piperidine rings is 1. The average molecular weight is 472 g/mol. The van der Waals surface area contributed by atoms with E-state index in [4.69, 9.17) is 10.8 Å². The van der Waals surface area contributed by atoms with E-state index in [-0.39, 0.29) is 17.7 Å². The van der Waals surface area contributed by atoms with Gasteiger partial charge >= 0.3 is 0 Å². The van der Waals surface area contributed by atoms with E-state index >= 15 is 0 Å². The maximum absolute atomic E-state index is 12.8. The third-order valence-electron chi connectivity index (χ3n) is 6.15. The van der Waals surface area contributed by atoms with Crippen LogP contribution in [0.2, 0.25) is 0 Å². The van der Waals surface area contributed by atoms with E-state index in [1.54, 1.807) is 0 Å². The summed E-state index contributed by atoms with van der Waals surface area (Å²) in [5.74, 6) is -0.606. The number of aryl methyl sites for hydroxylation is 1. The van der Waals surface area contributed by atoms with E-state index in [9.17, 15) is 9.59 Å². The largest absolute Gasteiger partial charge is 0.369 e. The third kappa shape index (κ3) is 4.54. The van der Waals surface area contributed by atoms with Crippen LogP contribution in [0, 0.1) is 12.8 Å². The van der Waals surface area contributed by atoms with Gasteiger partial charge in [-0.2, -0.15) is 10.1 Å². The molecule has 0 unspecified atom stereocenters. The first-order valence-corrected chi connectivity index (χ1v) is 12.1. The number of aliphatic imine (C=N–C) groups is 1. The number of primary amides is 1. The summed E-state index contributed by atoms with van der Waals surface area (Å²) in [4.78, 5) is 31.2. The number of carbonyl (C=O) groups excluding carboxylic acids is 2. The second-order valence-electron chi connectivity index (χ2n) is 8.55. The molecule has 2 aliphatic heterocycles. The van der Waals surface area contributed by atoms with Gasteiger partial charge in [0.05, 0.1) is 16.3 Å². The fourth-order valence-corrected chi connectivity index (χ4v) is 5.13. The lowest BCUT2D eigenvalue weighted by Gasteiger charge is -2.31. The van der Waals surface area contributed by atoms with Crippen LogP contribution in [0.1, 0.15) is 24.0 Å². The van der Waals surface area contributed by atoms with E-state index in [1.807, 2.05) is 66.3 Å². The van der Waals surface area contributed by atoms with Crippen LogP contribution in [0.3, 0.4) is 0 Å². The van der Waals surface area contributed by atoms with Crippen LogP contribution in [-0.4, -0.2) is 44.8 Å². The lowest BCUT2D eigenvalue weighted by molar-refractivity contribution is -0.123. The lowest BCUT2D eigenvalue weighted by Crippen LogP contribution is -2.40. The Hall–Kier alpha value is -3.65. The minimum Gasteiger partial charge on any atom is -0.369 e. The van der Waals surface area contributed by atoms with E-state index in [1.165, 1.54) is 17.3 Å². The van der Waals surface area contributed by atoms with E-state index in [0.717, 1.165) is 22.5 Å². The quantitative estimate of drug-likeness (QED) is 0.580. The van der Waals surface area contributed by atoms with Gasteiger partial charge in [0.1, 0.15) is 0 Å². The highest BCUT2D eigenvalue weighted by atomic mass is 32.2. The predicted octanol–water partition coefficient (Wildman–Crippen LogP) is 4.02. The number of rotatable bonds is 4. The number of benzene rings is 2. The third-order valence-corrected chi connectivity index (χ3v) is 7.20. The number of hydrogen-bond acceptors (Lipinski definition) is 5. The molecule has 2 amide bonds. The van der Waals surface area contributed by atoms with Gasteiger partial charge < -0.3 is 10.6 Å². The maximum Gasteiger partial charge on any atom is 0.286 e. The molecule has 172 valence electrons. The molecule has 3 heterocycles. The molecule has 2 aliphatic rings. The molecule has 0 aliphatic carbocycles. The van der Waals surface area contributed by atoms with Gasteiger partial charge in [0, 0.05) is 36.3 Å². The summed E-state index contributed by atoms with van der Waals surface area (Å²) >= 11 is 1.38. The summed E-state index contributed by atoms with van der Waals surface area (Å²) in [5, 5.41) is 5.53. The predicted molar refractivity (Wildman–Crippen MR) is 135 cm³/mol. The summed E-state index contributed by atoms with van der Waals surface area (Å²) < 4.78 is 1.84. The SMILES string of the molecule is Cc1ccc(-c2nn(-c3ccccc3)cc2C=C2SC(N3CCC(C(N)=O)CC3)=NC2=O)cc1. The summed E-state index contributed by atoms with van der Waals surface area (Å²) in [6.45, 7) is 3.38. The van der Waals surface area contributed by atoms with Gasteiger partial charge in [0.25, 0.3) is 5.91 Å². The highest BCUT2D eigenvalue weighted by Crippen LogP contribution is 2.34. The molecule has 0 radical (unpaired) electrons. The van der Waals surface area contributed by atoms with Crippen LogP contribution in [0.15, 0.2) is 70.7 Å². The number of hydrogen-bond donors (Lipinski definition) is 1. The molecule has 0 atom stereocenters. The Morgan fingerprint density at radius 2 is 1.79 bits per heavy atom. The second-order valence-corrected chi connectivity index (χ2v) is 9.56.